The molecule has 0 aliphatic rings. The highest BCUT2D eigenvalue weighted by molar-refractivity contribution is 5.48. The van der Waals surface area contributed by atoms with E-state index in [1.807, 2.05) is 12.1 Å². The number of nitro groups is 1. The first kappa shape index (κ1) is 18.0. The molecule has 0 aliphatic heterocycles. The van der Waals surface area contributed by atoms with Crippen LogP contribution in [-0.4, -0.2) is 11.5 Å². The summed E-state index contributed by atoms with van der Waals surface area (Å²) in [6.07, 6.45) is 2.15. The van der Waals surface area contributed by atoms with E-state index in [-0.39, 0.29) is 10.6 Å². The highest BCUT2D eigenvalue weighted by atomic mass is 16.6. The molecule has 0 amide bonds. The molecule has 2 aromatic carbocycles. The Hall–Kier alpha value is -2.36. The fourth-order valence-electron chi connectivity index (χ4n) is 2.83. The molecule has 0 heterocycles. The normalized spacial score (nSPS) is 10.8. The maximum absolute atomic E-state index is 10.8. The summed E-state index contributed by atoms with van der Waals surface area (Å²) < 4.78 is 0. The second kappa shape index (κ2) is 8.48. The van der Waals surface area contributed by atoms with Gasteiger partial charge in [-0.2, -0.15) is 0 Å². The predicted molar refractivity (Wildman–Crippen MR) is 99.4 cm³/mol. The number of hydrogen-bond acceptors (Lipinski definition) is 3. The Bertz CT molecular complexity index is 648. The first-order valence-electron chi connectivity index (χ1n) is 8.56. The third-order valence-electron chi connectivity index (χ3n) is 3.96. The summed E-state index contributed by atoms with van der Waals surface area (Å²) in [5.74, 6) is 0.655. The molecule has 0 fully saturated rings. The van der Waals surface area contributed by atoms with Gasteiger partial charge >= 0.3 is 0 Å². The van der Waals surface area contributed by atoms with Gasteiger partial charge in [-0.25, -0.2) is 0 Å². The fourth-order valence-corrected chi connectivity index (χ4v) is 2.83. The van der Waals surface area contributed by atoms with Crippen molar-refractivity contribution in [1.29, 1.82) is 0 Å². The van der Waals surface area contributed by atoms with Crippen LogP contribution in [0.4, 0.5) is 11.4 Å². The van der Waals surface area contributed by atoms with E-state index >= 15 is 0 Å². The Labute approximate surface area is 144 Å². The lowest BCUT2D eigenvalue weighted by Gasteiger charge is -2.25. The molecule has 0 radical (unpaired) electrons. The summed E-state index contributed by atoms with van der Waals surface area (Å²) in [7, 11) is 0. The van der Waals surface area contributed by atoms with Gasteiger partial charge in [-0.15, -0.1) is 0 Å². The van der Waals surface area contributed by atoms with Crippen molar-refractivity contribution in [3.8, 4) is 0 Å². The largest absolute Gasteiger partial charge is 0.367 e. The van der Waals surface area contributed by atoms with Gasteiger partial charge in [0.2, 0.25) is 0 Å². The standard InChI is InChI=1S/C20H26N2O2/c1-4-13-21(15-18-7-11-20(12-8-18)22(23)24)19-9-5-17(6-10-19)14-16(2)3/h5-12,16H,4,13-15H2,1-3H3. The van der Waals surface area contributed by atoms with Crippen LogP contribution >= 0.6 is 0 Å². The Morgan fingerprint density at radius 1 is 1.00 bits per heavy atom. The molecule has 0 aromatic heterocycles. The summed E-state index contributed by atoms with van der Waals surface area (Å²) in [6, 6.07) is 15.6. The molecule has 128 valence electrons. The maximum Gasteiger partial charge on any atom is 0.269 e. The van der Waals surface area contributed by atoms with Crippen LogP contribution in [0.5, 0.6) is 0 Å². The monoisotopic (exact) mass is 326 g/mol. The molecule has 2 rings (SSSR count). The van der Waals surface area contributed by atoms with Gasteiger partial charge in [-0.05, 0) is 42.0 Å². The summed E-state index contributed by atoms with van der Waals surface area (Å²) >= 11 is 0. The second-order valence-electron chi connectivity index (χ2n) is 6.61. The molecule has 0 spiro atoms. The predicted octanol–water partition coefficient (Wildman–Crippen LogP) is 5.21. The molecular weight excluding hydrogens is 300 g/mol. The van der Waals surface area contributed by atoms with Crippen molar-refractivity contribution in [2.75, 3.05) is 11.4 Å². The minimum absolute atomic E-state index is 0.138. The first-order valence-corrected chi connectivity index (χ1v) is 8.56. The van der Waals surface area contributed by atoms with Crippen LogP contribution < -0.4 is 4.90 Å². The van der Waals surface area contributed by atoms with Crippen molar-refractivity contribution in [2.24, 2.45) is 5.92 Å². The summed E-state index contributed by atoms with van der Waals surface area (Å²) in [4.78, 5) is 12.7. The van der Waals surface area contributed by atoms with Crippen LogP contribution in [0.15, 0.2) is 48.5 Å². The van der Waals surface area contributed by atoms with Crippen LogP contribution in [0.25, 0.3) is 0 Å². The van der Waals surface area contributed by atoms with Crippen molar-refractivity contribution in [3.05, 3.63) is 69.8 Å². The van der Waals surface area contributed by atoms with E-state index in [9.17, 15) is 10.1 Å². The van der Waals surface area contributed by atoms with Crippen molar-refractivity contribution >= 4 is 11.4 Å². The molecule has 0 aliphatic carbocycles. The first-order chi connectivity index (χ1) is 11.5. The zero-order chi connectivity index (χ0) is 17.5. The zero-order valence-corrected chi connectivity index (χ0v) is 14.7. The lowest BCUT2D eigenvalue weighted by molar-refractivity contribution is -0.384. The van der Waals surface area contributed by atoms with Crippen molar-refractivity contribution in [3.63, 3.8) is 0 Å². The summed E-state index contributed by atoms with van der Waals surface area (Å²) in [6.45, 7) is 8.34. The smallest absolute Gasteiger partial charge is 0.269 e. The molecular formula is C20H26N2O2. The SMILES string of the molecule is CCCN(Cc1ccc([N+](=O)[O-])cc1)c1ccc(CC(C)C)cc1. The number of anilines is 1. The summed E-state index contributed by atoms with van der Waals surface area (Å²) in [5.41, 5.74) is 3.78. The topological polar surface area (TPSA) is 46.4 Å². The van der Waals surface area contributed by atoms with Crippen LogP contribution in [0.3, 0.4) is 0 Å². The van der Waals surface area contributed by atoms with Crippen molar-refractivity contribution in [1.82, 2.24) is 0 Å². The maximum atomic E-state index is 10.8. The van der Waals surface area contributed by atoms with E-state index in [4.69, 9.17) is 0 Å². The van der Waals surface area contributed by atoms with Crippen LogP contribution in [-0.2, 0) is 13.0 Å². The molecule has 4 nitrogen and oxygen atoms in total. The zero-order valence-electron chi connectivity index (χ0n) is 14.7. The molecule has 0 unspecified atom stereocenters. The fraction of sp³-hybridized carbons (Fsp3) is 0.400. The molecule has 0 N–H and O–H groups in total. The van der Waals surface area contributed by atoms with Gasteiger partial charge in [0.05, 0.1) is 4.92 Å². The highest BCUT2D eigenvalue weighted by Crippen LogP contribution is 2.21. The molecule has 0 saturated carbocycles. The van der Waals surface area contributed by atoms with Crippen LogP contribution in [0.2, 0.25) is 0 Å². The third kappa shape index (κ3) is 5.08. The van der Waals surface area contributed by atoms with Gasteiger partial charge in [0.15, 0.2) is 0 Å². The minimum Gasteiger partial charge on any atom is -0.367 e. The number of non-ortho nitro benzene ring substituents is 1. The third-order valence-corrected chi connectivity index (χ3v) is 3.96. The minimum atomic E-state index is -0.360. The Morgan fingerprint density at radius 2 is 1.58 bits per heavy atom. The van der Waals surface area contributed by atoms with Gasteiger partial charge < -0.3 is 4.90 Å². The van der Waals surface area contributed by atoms with Crippen LogP contribution in [0.1, 0.15) is 38.3 Å². The van der Waals surface area contributed by atoms with Crippen molar-refractivity contribution < 1.29 is 4.92 Å². The van der Waals surface area contributed by atoms with Crippen LogP contribution in [0, 0.1) is 16.0 Å². The van der Waals surface area contributed by atoms with E-state index in [0.29, 0.717) is 5.92 Å². The number of hydrogen-bond donors (Lipinski definition) is 0. The Kier molecular flexibility index (Phi) is 6.36. The quantitative estimate of drug-likeness (QED) is 0.494. The highest BCUT2D eigenvalue weighted by Gasteiger charge is 2.09. The van der Waals surface area contributed by atoms with E-state index in [0.717, 1.165) is 31.5 Å². The van der Waals surface area contributed by atoms with E-state index in [2.05, 4.69) is 49.9 Å². The average Bonchev–Trinajstić information content (AvgIpc) is 2.55. The molecule has 4 heteroatoms. The van der Waals surface area contributed by atoms with E-state index < -0.39 is 0 Å². The molecule has 24 heavy (non-hydrogen) atoms. The molecule has 0 atom stereocenters. The second-order valence-corrected chi connectivity index (χ2v) is 6.61. The Morgan fingerprint density at radius 3 is 2.08 bits per heavy atom. The lowest BCUT2D eigenvalue weighted by Crippen LogP contribution is -2.23. The summed E-state index contributed by atoms with van der Waals surface area (Å²) in [5, 5.41) is 10.8. The van der Waals surface area contributed by atoms with Gasteiger partial charge in [0, 0.05) is 30.9 Å². The molecule has 0 bridgehead atoms. The van der Waals surface area contributed by atoms with E-state index in [1.54, 1.807) is 12.1 Å². The number of nitro benzene ring substituents is 1. The Balaban J connectivity index is 2.12. The van der Waals surface area contributed by atoms with Gasteiger partial charge in [0.1, 0.15) is 0 Å². The number of nitrogens with zero attached hydrogens (tertiary/aromatic N) is 2. The number of benzene rings is 2. The average molecular weight is 326 g/mol. The van der Waals surface area contributed by atoms with E-state index in [1.165, 1.54) is 11.3 Å². The van der Waals surface area contributed by atoms with Gasteiger partial charge in [-0.1, -0.05) is 45.0 Å². The molecule has 2 aromatic rings. The van der Waals surface area contributed by atoms with Gasteiger partial charge in [-0.3, -0.25) is 10.1 Å². The number of rotatable bonds is 8. The van der Waals surface area contributed by atoms with Crippen molar-refractivity contribution in [2.45, 2.75) is 40.2 Å². The lowest BCUT2D eigenvalue weighted by atomic mass is 10.0. The molecule has 0 saturated heterocycles. The van der Waals surface area contributed by atoms with Gasteiger partial charge in [0.25, 0.3) is 5.69 Å².